The van der Waals surface area contributed by atoms with Gasteiger partial charge in [-0.3, -0.25) is 0 Å². The number of carboxylic acids is 1. The van der Waals surface area contributed by atoms with Gasteiger partial charge in [-0.15, -0.1) is 10.2 Å². The minimum absolute atomic E-state index is 0.0150. The van der Waals surface area contributed by atoms with Crippen molar-refractivity contribution in [3.8, 4) is 17.2 Å². The SMILES string of the molecule is COc1ccc(C(N)S(C)(=O)=O)cc1N=Nc1cc(OC(C)C(=O)O)c2ccccc2c1O. The lowest BCUT2D eigenvalue weighted by Crippen LogP contribution is -2.22. The standard InChI is InChI=1S/C22H23N3O7S/c1-12(22(27)28)32-19-11-17(20(26)15-7-5-4-6-14(15)19)25-24-16-10-13(8-9-18(16)31-2)21(23)33(3,29)30/h4-12,21,26H,23H2,1-3H3,(H,27,28). The number of hydrogen-bond donors (Lipinski definition) is 3. The number of fused-ring (bicyclic) bond motifs is 1. The number of rotatable bonds is 8. The summed E-state index contributed by atoms with van der Waals surface area (Å²) in [6.07, 6.45) is -0.118. The van der Waals surface area contributed by atoms with Gasteiger partial charge >= 0.3 is 5.97 Å². The zero-order valence-corrected chi connectivity index (χ0v) is 18.9. The lowest BCUT2D eigenvalue weighted by atomic mass is 10.1. The molecule has 10 nitrogen and oxygen atoms in total. The van der Waals surface area contributed by atoms with E-state index in [0.29, 0.717) is 16.5 Å². The van der Waals surface area contributed by atoms with Crippen molar-refractivity contribution in [3.63, 3.8) is 0 Å². The Hall–Kier alpha value is -3.70. The molecule has 4 N–H and O–H groups in total. The van der Waals surface area contributed by atoms with E-state index in [1.165, 1.54) is 38.3 Å². The van der Waals surface area contributed by atoms with Crippen LogP contribution in [0.15, 0.2) is 58.8 Å². The van der Waals surface area contributed by atoms with E-state index in [1.807, 2.05) is 0 Å². The van der Waals surface area contributed by atoms with Crippen molar-refractivity contribution in [2.24, 2.45) is 16.0 Å². The summed E-state index contributed by atoms with van der Waals surface area (Å²) >= 11 is 0. The molecule has 2 atom stereocenters. The van der Waals surface area contributed by atoms with Gasteiger partial charge in [0.1, 0.15) is 28.2 Å². The van der Waals surface area contributed by atoms with Crippen LogP contribution in [0.5, 0.6) is 17.2 Å². The molecular formula is C22H23N3O7S. The van der Waals surface area contributed by atoms with Gasteiger partial charge < -0.3 is 25.4 Å². The monoisotopic (exact) mass is 473 g/mol. The van der Waals surface area contributed by atoms with E-state index in [9.17, 15) is 23.4 Å². The summed E-state index contributed by atoms with van der Waals surface area (Å²) in [6, 6.07) is 12.6. The summed E-state index contributed by atoms with van der Waals surface area (Å²) in [6.45, 7) is 1.38. The number of methoxy groups -OCH3 is 1. The Labute approximate surface area is 190 Å². The zero-order valence-electron chi connectivity index (χ0n) is 18.1. The van der Waals surface area contributed by atoms with Gasteiger partial charge in [-0.25, -0.2) is 13.2 Å². The second-order valence-corrected chi connectivity index (χ2v) is 9.43. The molecule has 11 heteroatoms. The summed E-state index contributed by atoms with van der Waals surface area (Å²) in [4.78, 5) is 11.2. The number of nitrogens with two attached hydrogens (primary N) is 1. The Morgan fingerprint density at radius 3 is 2.27 bits per heavy atom. The topological polar surface area (TPSA) is 161 Å². The normalized spacial score (nSPS) is 13.7. The molecule has 0 bridgehead atoms. The first-order valence-corrected chi connectivity index (χ1v) is 11.7. The highest BCUT2D eigenvalue weighted by molar-refractivity contribution is 7.90. The first-order valence-electron chi connectivity index (χ1n) is 9.71. The molecule has 0 heterocycles. The van der Waals surface area contributed by atoms with E-state index in [-0.39, 0.29) is 28.4 Å². The van der Waals surface area contributed by atoms with Crippen molar-refractivity contribution in [1.29, 1.82) is 0 Å². The van der Waals surface area contributed by atoms with E-state index in [0.717, 1.165) is 6.26 Å². The summed E-state index contributed by atoms with van der Waals surface area (Å²) in [5.74, 6) is -0.835. The van der Waals surface area contributed by atoms with Crippen LogP contribution in [-0.4, -0.2) is 44.1 Å². The molecule has 33 heavy (non-hydrogen) atoms. The Bertz CT molecular complexity index is 1340. The largest absolute Gasteiger partial charge is 0.505 e. The second-order valence-electron chi connectivity index (χ2n) is 7.27. The van der Waals surface area contributed by atoms with Crippen LogP contribution in [0.3, 0.4) is 0 Å². The molecule has 3 aromatic carbocycles. The van der Waals surface area contributed by atoms with E-state index in [2.05, 4.69) is 10.2 Å². The lowest BCUT2D eigenvalue weighted by Gasteiger charge is -2.15. The van der Waals surface area contributed by atoms with Gasteiger partial charge in [-0.1, -0.05) is 30.3 Å². The molecule has 2 unspecified atom stereocenters. The van der Waals surface area contributed by atoms with Gasteiger partial charge in [0.05, 0.1) is 7.11 Å². The third kappa shape index (κ3) is 5.21. The van der Waals surface area contributed by atoms with E-state index in [1.54, 1.807) is 24.3 Å². The van der Waals surface area contributed by atoms with Crippen LogP contribution in [0.4, 0.5) is 11.4 Å². The van der Waals surface area contributed by atoms with Crippen LogP contribution >= 0.6 is 0 Å². The minimum Gasteiger partial charge on any atom is -0.505 e. The molecule has 0 fully saturated rings. The number of ether oxygens (including phenoxy) is 2. The number of phenols is 1. The van der Waals surface area contributed by atoms with Crippen molar-refractivity contribution in [3.05, 3.63) is 54.1 Å². The molecule has 0 saturated carbocycles. The molecule has 0 radical (unpaired) electrons. The minimum atomic E-state index is -3.55. The number of benzene rings is 3. The number of nitrogens with zero attached hydrogens (tertiary/aromatic N) is 2. The molecule has 0 aliphatic carbocycles. The predicted octanol–water partition coefficient (Wildman–Crippen LogP) is 3.82. The molecule has 0 aliphatic heterocycles. The van der Waals surface area contributed by atoms with Gasteiger partial charge in [0.25, 0.3) is 0 Å². The van der Waals surface area contributed by atoms with Crippen molar-refractivity contribution in [2.75, 3.05) is 13.4 Å². The van der Waals surface area contributed by atoms with Crippen LogP contribution in [0.25, 0.3) is 10.8 Å². The van der Waals surface area contributed by atoms with E-state index >= 15 is 0 Å². The third-order valence-corrected chi connectivity index (χ3v) is 6.06. The van der Waals surface area contributed by atoms with Gasteiger partial charge in [0.15, 0.2) is 21.7 Å². The van der Waals surface area contributed by atoms with Crippen molar-refractivity contribution < 1.29 is 32.9 Å². The highest BCUT2D eigenvalue weighted by Crippen LogP contribution is 2.42. The Balaban J connectivity index is 2.10. The number of hydrogen-bond acceptors (Lipinski definition) is 9. The Morgan fingerprint density at radius 2 is 1.67 bits per heavy atom. The fraction of sp³-hybridized carbons (Fsp3) is 0.227. The van der Waals surface area contributed by atoms with Gasteiger partial charge in [-0.2, -0.15) is 0 Å². The number of carbonyl (C=O) groups is 1. The maximum Gasteiger partial charge on any atom is 0.344 e. The van der Waals surface area contributed by atoms with Crippen LogP contribution in [-0.2, 0) is 14.6 Å². The number of phenolic OH excluding ortho intramolecular Hbond substituents is 1. The molecule has 3 aromatic rings. The average Bonchev–Trinajstić information content (AvgIpc) is 2.78. The molecule has 0 amide bonds. The van der Waals surface area contributed by atoms with E-state index < -0.39 is 27.3 Å². The quantitative estimate of drug-likeness (QED) is 0.416. The number of sulfone groups is 1. The average molecular weight is 474 g/mol. The summed E-state index contributed by atoms with van der Waals surface area (Å²) in [5.41, 5.74) is 6.30. The maximum absolute atomic E-state index is 11.8. The molecule has 0 aromatic heterocycles. The lowest BCUT2D eigenvalue weighted by molar-refractivity contribution is -0.144. The number of azo groups is 1. The second kappa shape index (κ2) is 9.43. The smallest absolute Gasteiger partial charge is 0.344 e. The first-order chi connectivity index (χ1) is 15.5. The van der Waals surface area contributed by atoms with Crippen LogP contribution in [0.1, 0.15) is 17.9 Å². The molecule has 0 spiro atoms. The first kappa shape index (κ1) is 24.0. The summed E-state index contributed by atoms with van der Waals surface area (Å²) in [7, 11) is -2.14. The summed E-state index contributed by atoms with van der Waals surface area (Å²) < 4.78 is 34.5. The predicted molar refractivity (Wildman–Crippen MR) is 122 cm³/mol. The van der Waals surface area contributed by atoms with Gasteiger partial charge in [-0.05, 0) is 24.6 Å². The van der Waals surface area contributed by atoms with Crippen molar-refractivity contribution in [1.82, 2.24) is 0 Å². The number of carboxylic acid groups (broad SMARTS) is 1. The van der Waals surface area contributed by atoms with Crippen LogP contribution < -0.4 is 15.2 Å². The third-order valence-electron chi connectivity index (χ3n) is 4.87. The number of aliphatic carboxylic acids is 1. The Kier molecular flexibility index (Phi) is 6.84. The van der Waals surface area contributed by atoms with Crippen LogP contribution in [0.2, 0.25) is 0 Å². The molecule has 174 valence electrons. The van der Waals surface area contributed by atoms with Crippen molar-refractivity contribution >= 4 is 38.0 Å². The summed E-state index contributed by atoms with van der Waals surface area (Å²) in [5, 5.41) is 27.7. The molecule has 0 aliphatic rings. The Morgan fingerprint density at radius 1 is 1.03 bits per heavy atom. The van der Waals surface area contributed by atoms with Gasteiger partial charge in [0, 0.05) is 23.1 Å². The number of aromatic hydroxyl groups is 1. The highest BCUT2D eigenvalue weighted by Gasteiger charge is 2.20. The molecule has 0 saturated heterocycles. The van der Waals surface area contributed by atoms with Crippen LogP contribution in [0, 0.1) is 0 Å². The molecule has 3 rings (SSSR count). The fourth-order valence-electron chi connectivity index (χ4n) is 3.04. The van der Waals surface area contributed by atoms with Gasteiger partial charge in [0.2, 0.25) is 0 Å². The zero-order chi connectivity index (χ0) is 24.3. The highest BCUT2D eigenvalue weighted by atomic mass is 32.2. The van der Waals surface area contributed by atoms with Crippen molar-refractivity contribution in [2.45, 2.75) is 18.4 Å². The fourth-order valence-corrected chi connectivity index (χ4v) is 3.69. The molecular weight excluding hydrogens is 450 g/mol. The van der Waals surface area contributed by atoms with E-state index in [4.69, 9.17) is 15.2 Å². The maximum atomic E-state index is 11.8.